The smallest absolute Gasteiger partial charge is 0.345 e. The number of carbonyl (C=O) groups is 1. The molecule has 3 aliphatic heterocycles. The van der Waals surface area contributed by atoms with Gasteiger partial charge >= 0.3 is 11.9 Å². The molecule has 0 fully saturated rings. The highest BCUT2D eigenvalue weighted by Crippen LogP contribution is 2.33. The van der Waals surface area contributed by atoms with Crippen LogP contribution < -0.4 is 14.2 Å². The summed E-state index contributed by atoms with van der Waals surface area (Å²) in [6.07, 6.45) is 101. The van der Waals surface area contributed by atoms with E-state index in [2.05, 4.69) is 246 Å². The summed E-state index contributed by atoms with van der Waals surface area (Å²) in [5.74, 6) is 0.428. The lowest BCUT2D eigenvalue weighted by Gasteiger charge is -2.33. The quantitative estimate of drug-likeness (QED) is 0.0443. The minimum Gasteiger partial charge on any atom is -0.465 e. The number of aliphatic hydroxyl groups is 1. The van der Waals surface area contributed by atoms with Gasteiger partial charge in [0.25, 0.3) is 0 Å². The molecule has 3 aromatic rings. The van der Waals surface area contributed by atoms with E-state index in [9.17, 15) is 9.90 Å². The first-order chi connectivity index (χ1) is 46.9. The van der Waals surface area contributed by atoms with E-state index in [1.54, 1.807) is 18.2 Å². The maximum atomic E-state index is 12.0. The number of benzene rings is 3. The van der Waals surface area contributed by atoms with E-state index < -0.39 is 12.3 Å². The normalized spacial score (nSPS) is 17.2. The minimum atomic E-state index is -1.53. The molecule has 3 aromatic carbocycles. The van der Waals surface area contributed by atoms with Crippen molar-refractivity contribution in [2.75, 3.05) is 0 Å². The Bertz CT molecular complexity index is 3070. The van der Waals surface area contributed by atoms with E-state index >= 15 is 0 Å². The van der Waals surface area contributed by atoms with E-state index in [-0.39, 0.29) is 34.5 Å². The summed E-state index contributed by atoms with van der Waals surface area (Å²) in [5.41, 5.74) is 2.59. The van der Waals surface area contributed by atoms with Crippen molar-refractivity contribution in [3.8, 4) is 17.2 Å². The van der Waals surface area contributed by atoms with Crippen molar-refractivity contribution in [2.45, 2.75) is 229 Å². The Morgan fingerprint density at radius 3 is 1.03 bits per heavy atom. The van der Waals surface area contributed by atoms with Gasteiger partial charge in [-0.05, 0) is 159 Å². The summed E-state index contributed by atoms with van der Waals surface area (Å²) >= 11 is 0. The number of esters is 1. The fourth-order valence-electron chi connectivity index (χ4n) is 9.33. The highest BCUT2D eigenvalue weighted by atomic mass is 16.8. The van der Waals surface area contributed by atoms with Gasteiger partial charge in [-0.3, -0.25) is 0 Å². The van der Waals surface area contributed by atoms with Crippen LogP contribution in [0.3, 0.4) is 0 Å². The van der Waals surface area contributed by atoms with Crippen LogP contribution in [-0.4, -0.2) is 29.6 Å². The summed E-state index contributed by atoms with van der Waals surface area (Å²) in [6.45, 7) is 7.48. The zero-order chi connectivity index (χ0) is 67.3. The maximum absolute atomic E-state index is 12.0. The number of allylic oxidation sites excluding steroid dienone is 36. The van der Waals surface area contributed by atoms with Crippen molar-refractivity contribution in [1.29, 1.82) is 0 Å². The molecule has 532 valence electrons. The van der Waals surface area contributed by atoms with Gasteiger partial charge in [0, 0.05) is 30.4 Å². The van der Waals surface area contributed by atoms with E-state index in [0.717, 1.165) is 152 Å². The van der Waals surface area contributed by atoms with Crippen LogP contribution in [0.4, 0.5) is 0 Å². The van der Waals surface area contributed by atoms with Crippen molar-refractivity contribution in [1.82, 2.24) is 0 Å². The number of hydrogen-bond donors (Lipinski definition) is 1. The SMILES string of the molecule is C.C.C.CC/C=C\C/C=C\C/C=C\C/C=C\C/C=C\C/C=C\CCC1(O)OCc2ccccc2O1.CC/C=C\C/C=C\C/C=C\C/C=C\C/C=C\C/C=C\CCC1OC(=O)c2ccccc2O1.CC/C=C\C/C=C\C/C=C\C/C=C\C/C=C\C/C=C\CCC1OCc2ccccc2O1. The second-order valence-corrected chi connectivity index (χ2v) is 22.6. The topological polar surface area (TPSA) is 92.7 Å². The molecule has 1 N–H and O–H groups in total. The Kier molecular flexibility index (Phi) is 55.7. The van der Waals surface area contributed by atoms with Gasteiger partial charge in [0.1, 0.15) is 22.8 Å². The molecule has 3 atom stereocenters. The average molecular weight is 1330 g/mol. The lowest BCUT2D eigenvalue weighted by atomic mass is 10.1. The van der Waals surface area contributed by atoms with Crippen molar-refractivity contribution < 1.29 is 38.3 Å². The second-order valence-electron chi connectivity index (χ2n) is 22.6. The number of para-hydroxylation sites is 3. The molecule has 98 heavy (non-hydrogen) atoms. The monoisotopic (exact) mass is 1330 g/mol. The Balaban J connectivity index is 0.000000724. The van der Waals surface area contributed by atoms with E-state index in [4.69, 9.17) is 28.4 Å². The van der Waals surface area contributed by atoms with Crippen molar-refractivity contribution in [2.24, 2.45) is 0 Å². The van der Waals surface area contributed by atoms with Crippen LogP contribution >= 0.6 is 0 Å². The van der Waals surface area contributed by atoms with Gasteiger partial charge in [0.05, 0.1) is 13.2 Å². The third-order valence-electron chi connectivity index (χ3n) is 14.5. The molecule has 3 unspecified atom stereocenters. The molecule has 6 rings (SSSR count). The van der Waals surface area contributed by atoms with Gasteiger partial charge in [0.2, 0.25) is 6.29 Å². The zero-order valence-electron chi connectivity index (χ0n) is 57.6. The van der Waals surface area contributed by atoms with Crippen LogP contribution in [0.5, 0.6) is 17.2 Å². The molecule has 0 saturated carbocycles. The number of cyclic esters (lactones) is 1. The number of carbonyl (C=O) groups excluding carboxylic acids is 1. The first kappa shape index (κ1) is 87.7. The van der Waals surface area contributed by atoms with Crippen LogP contribution in [0.25, 0.3) is 0 Å². The molecular weight excluding hydrogens is 1210 g/mol. The van der Waals surface area contributed by atoms with Crippen LogP contribution in [-0.2, 0) is 27.4 Å². The van der Waals surface area contributed by atoms with Gasteiger partial charge in [-0.1, -0.05) is 310 Å². The van der Waals surface area contributed by atoms with Gasteiger partial charge in [-0.2, -0.15) is 0 Å². The predicted octanol–water partition coefficient (Wildman–Crippen LogP) is 26.1. The molecule has 0 saturated heterocycles. The zero-order valence-corrected chi connectivity index (χ0v) is 57.6. The van der Waals surface area contributed by atoms with Gasteiger partial charge in [0.15, 0.2) is 6.29 Å². The van der Waals surface area contributed by atoms with Gasteiger partial charge in [-0.15, -0.1) is 0 Å². The van der Waals surface area contributed by atoms with Crippen molar-refractivity contribution >= 4 is 5.97 Å². The lowest BCUT2D eigenvalue weighted by Crippen LogP contribution is -2.41. The van der Waals surface area contributed by atoms with Crippen molar-refractivity contribution in [3.05, 3.63) is 308 Å². The number of hydrogen-bond acceptors (Lipinski definition) is 8. The fraction of sp³-hybridized carbons (Fsp3) is 0.389. The summed E-state index contributed by atoms with van der Waals surface area (Å²) in [7, 11) is 0. The highest BCUT2D eigenvalue weighted by molar-refractivity contribution is 5.93. The molecule has 0 radical (unpaired) electrons. The van der Waals surface area contributed by atoms with Crippen LogP contribution in [0, 0.1) is 0 Å². The molecule has 0 bridgehead atoms. The van der Waals surface area contributed by atoms with Crippen molar-refractivity contribution in [3.63, 3.8) is 0 Å². The van der Waals surface area contributed by atoms with E-state index in [0.29, 0.717) is 49.5 Å². The third kappa shape index (κ3) is 45.3. The molecular formula is C90H124O8. The van der Waals surface area contributed by atoms with Gasteiger partial charge in [-0.25, -0.2) is 4.79 Å². The predicted molar refractivity (Wildman–Crippen MR) is 421 cm³/mol. The standard InChI is InChI=1S/C29H38O3.C29H36O3.C29H38O2.3CH4/c1-2-3-4-5-6-7-8-9-10-11-12-13-14-15-16-17-18-19-22-25-29(30)31-26-27-23-20-21-24-28(27)32-29;1-2-3-4-5-6-7-8-9-10-11-12-13-14-15-16-17-18-19-20-25-28-31-27-24-22-21-23-26(27)29(30)32-28;1-2-3-4-5-6-7-8-9-10-11-12-13-14-15-16-17-18-19-20-25-29-30-26-27-23-21-22-24-28(27)31-29;;;/h3-4,6-7,9-10,12-13,15-16,18-21,23-24,30H,2,5,8,11,14,17,22,25-26H2,1H3;3-4,6-7,9-10,12-13,15-16,18-19,21-24,28H,2,5,8,11,14,17,20,25H2,1H3;3-4,6-7,9-10,12-13,15-16,18-19,21-24,29H,2,5,8,11,14,17,20,25-26H2,1H3;3*1H4/b3*4-3-,7-6-,10-9-,13-12-,16-15-,19-18-;;;. The molecule has 3 heterocycles. The Hall–Kier alpha value is -8.27. The lowest BCUT2D eigenvalue weighted by molar-refractivity contribution is -0.337. The Labute approximate surface area is 595 Å². The Morgan fingerprint density at radius 1 is 0.347 bits per heavy atom. The number of rotatable bonds is 42. The summed E-state index contributed by atoms with van der Waals surface area (Å²) in [4.78, 5) is 12.0. The average Bonchev–Trinajstić information content (AvgIpc) is 0.832. The number of fused-ring (bicyclic) bond motifs is 3. The highest BCUT2D eigenvalue weighted by Gasteiger charge is 2.34. The van der Waals surface area contributed by atoms with Gasteiger partial charge < -0.3 is 33.5 Å². The first-order valence-corrected chi connectivity index (χ1v) is 35.1. The molecule has 0 spiro atoms. The second kappa shape index (κ2) is 62.3. The minimum absolute atomic E-state index is 0. The molecule has 8 nitrogen and oxygen atoms in total. The molecule has 0 amide bonds. The van der Waals surface area contributed by atoms with E-state index in [1.807, 2.05) is 48.5 Å². The van der Waals surface area contributed by atoms with Crippen LogP contribution in [0.2, 0.25) is 0 Å². The van der Waals surface area contributed by atoms with Crippen LogP contribution in [0.15, 0.2) is 292 Å². The summed E-state index contributed by atoms with van der Waals surface area (Å²) in [5, 5.41) is 10.5. The molecule has 3 aliphatic rings. The first-order valence-electron chi connectivity index (χ1n) is 35.1. The summed E-state index contributed by atoms with van der Waals surface area (Å²) in [6, 6.07) is 22.9. The van der Waals surface area contributed by atoms with Crippen LogP contribution in [0.1, 0.15) is 219 Å². The molecule has 0 aromatic heterocycles. The molecule has 0 aliphatic carbocycles. The largest absolute Gasteiger partial charge is 0.465 e. The fourth-order valence-corrected chi connectivity index (χ4v) is 9.33. The molecule has 8 heteroatoms. The van der Waals surface area contributed by atoms with E-state index in [1.165, 1.54) is 0 Å². The Morgan fingerprint density at radius 2 is 0.643 bits per heavy atom. The summed E-state index contributed by atoms with van der Waals surface area (Å²) < 4.78 is 33.8. The maximum Gasteiger partial charge on any atom is 0.345 e. The third-order valence-corrected chi connectivity index (χ3v) is 14.5. The number of ether oxygens (including phenoxy) is 6.